The summed E-state index contributed by atoms with van der Waals surface area (Å²) in [6.07, 6.45) is -1.90. The average molecular weight is 432 g/mol. The van der Waals surface area contributed by atoms with E-state index in [0.717, 1.165) is 44.8 Å². The van der Waals surface area contributed by atoms with Crippen LogP contribution in [-0.2, 0) is 11.3 Å². The highest BCUT2D eigenvalue weighted by Gasteiger charge is 2.28. The molecule has 2 N–H and O–H groups in total. The third-order valence-corrected chi connectivity index (χ3v) is 4.68. The van der Waals surface area contributed by atoms with E-state index in [1.807, 2.05) is 0 Å². The maximum Gasteiger partial charge on any atom is 0.422 e. The van der Waals surface area contributed by atoms with Gasteiger partial charge >= 0.3 is 6.18 Å². The second-order valence-corrected chi connectivity index (χ2v) is 7.64. The summed E-state index contributed by atoms with van der Waals surface area (Å²) in [4.78, 5) is 10.5. The van der Waals surface area contributed by atoms with Gasteiger partial charge in [-0.05, 0) is 24.0 Å². The fourth-order valence-electron chi connectivity index (χ4n) is 3.26. The summed E-state index contributed by atoms with van der Waals surface area (Å²) < 4.78 is 47.1. The molecule has 170 valence electrons. The lowest BCUT2D eigenvalue weighted by Crippen LogP contribution is -2.50. The summed E-state index contributed by atoms with van der Waals surface area (Å²) in [5, 5.41) is 6.55. The van der Waals surface area contributed by atoms with Gasteiger partial charge in [-0.15, -0.1) is 0 Å². The van der Waals surface area contributed by atoms with Crippen molar-refractivity contribution in [2.24, 2.45) is 10.9 Å². The number of rotatable bonds is 9. The molecule has 0 amide bonds. The Morgan fingerprint density at radius 2 is 2.03 bits per heavy atom. The van der Waals surface area contributed by atoms with Crippen molar-refractivity contribution in [2.45, 2.75) is 39.0 Å². The van der Waals surface area contributed by atoms with Gasteiger partial charge in [0.1, 0.15) is 0 Å². The smallest absolute Gasteiger partial charge is 0.422 e. The minimum atomic E-state index is -4.39. The van der Waals surface area contributed by atoms with E-state index in [0.29, 0.717) is 24.5 Å². The van der Waals surface area contributed by atoms with Gasteiger partial charge in [-0.1, -0.05) is 13.8 Å². The first-order valence-electron chi connectivity index (χ1n) is 10.2. The van der Waals surface area contributed by atoms with E-state index in [2.05, 4.69) is 39.4 Å². The summed E-state index contributed by atoms with van der Waals surface area (Å²) in [7, 11) is 1.69. The van der Waals surface area contributed by atoms with E-state index >= 15 is 0 Å². The number of guanidine groups is 1. The normalized spacial score (nSPS) is 17.1. The Morgan fingerprint density at radius 3 is 2.67 bits per heavy atom. The number of nitrogens with one attached hydrogen (secondary N) is 2. The largest absolute Gasteiger partial charge is 0.468 e. The van der Waals surface area contributed by atoms with Crippen molar-refractivity contribution in [1.82, 2.24) is 20.5 Å². The van der Waals surface area contributed by atoms with Gasteiger partial charge in [0.2, 0.25) is 5.88 Å². The van der Waals surface area contributed by atoms with Gasteiger partial charge in [-0.2, -0.15) is 13.2 Å². The Bertz CT molecular complexity index is 664. The van der Waals surface area contributed by atoms with Crippen LogP contribution >= 0.6 is 0 Å². The van der Waals surface area contributed by atoms with Crippen molar-refractivity contribution in [3.05, 3.63) is 23.9 Å². The molecule has 7 nitrogen and oxygen atoms in total. The second-order valence-electron chi connectivity index (χ2n) is 7.64. The fourth-order valence-corrected chi connectivity index (χ4v) is 3.26. The van der Waals surface area contributed by atoms with Crippen LogP contribution in [0.3, 0.4) is 0 Å². The molecule has 2 rings (SSSR count). The van der Waals surface area contributed by atoms with Gasteiger partial charge in [0.05, 0.1) is 13.2 Å². The SMILES string of the molecule is CN=C(NCc1ccnc(OCC(F)(F)F)c1)NCC(CC(C)C)N1CCOCC1. The molecule has 1 atom stereocenters. The molecule has 10 heteroatoms. The number of ether oxygens (including phenoxy) is 2. The van der Waals surface area contributed by atoms with Crippen LogP contribution in [0, 0.1) is 5.92 Å². The summed E-state index contributed by atoms with van der Waals surface area (Å²) in [5.74, 6) is 1.15. The molecule has 1 aromatic rings. The van der Waals surface area contributed by atoms with E-state index in [1.165, 1.54) is 12.3 Å². The molecular weight excluding hydrogens is 399 g/mol. The number of aliphatic imine (C=N–C) groups is 1. The number of nitrogens with zero attached hydrogens (tertiary/aromatic N) is 3. The molecule has 0 spiro atoms. The van der Waals surface area contributed by atoms with E-state index in [1.54, 1.807) is 13.1 Å². The molecule has 0 aromatic carbocycles. The van der Waals surface area contributed by atoms with Crippen molar-refractivity contribution in [3.63, 3.8) is 0 Å². The lowest BCUT2D eigenvalue weighted by molar-refractivity contribution is -0.154. The Balaban J connectivity index is 1.86. The van der Waals surface area contributed by atoms with Gasteiger partial charge in [-0.25, -0.2) is 4.98 Å². The second kappa shape index (κ2) is 11.9. The Labute approximate surface area is 176 Å². The number of morpholine rings is 1. The number of hydrogen-bond acceptors (Lipinski definition) is 5. The van der Waals surface area contributed by atoms with Crippen molar-refractivity contribution in [3.8, 4) is 5.88 Å². The third-order valence-electron chi connectivity index (χ3n) is 4.68. The zero-order valence-electron chi connectivity index (χ0n) is 17.8. The standard InChI is InChI=1S/C20H32F3N5O2/c1-15(2)10-17(28-6-8-29-9-7-28)13-27-19(24-3)26-12-16-4-5-25-18(11-16)30-14-20(21,22)23/h4-5,11,15,17H,6-10,12-14H2,1-3H3,(H2,24,26,27). The predicted molar refractivity (Wildman–Crippen MR) is 110 cm³/mol. The number of hydrogen-bond donors (Lipinski definition) is 2. The van der Waals surface area contributed by atoms with Crippen molar-refractivity contribution < 1.29 is 22.6 Å². The van der Waals surface area contributed by atoms with Crippen LogP contribution in [0.5, 0.6) is 5.88 Å². The van der Waals surface area contributed by atoms with Gasteiger partial charge < -0.3 is 20.1 Å². The van der Waals surface area contributed by atoms with Crippen LogP contribution < -0.4 is 15.4 Å². The van der Waals surface area contributed by atoms with Crippen LogP contribution in [0.25, 0.3) is 0 Å². The molecule has 30 heavy (non-hydrogen) atoms. The van der Waals surface area contributed by atoms with Crippen LogP contribution in [0.1, 0.15) is 25.8 Å². The van der Waals surface area contributed by atoms with E-state index in [-0.39, 0.29) is 5.88 Å². The molecule has 1 aliphatic rings. The lowest BCUT2D eigenvalue weighted by Gasteiger charge is -2.35. The molecule has 1 fully saturated rings. The van der Waals surface area contributed by atoms with Crippen molar-refractivity contribution in [1.29, 1.82) is 0 Å². The lowest BCUT2D eigenvalue weighted by atomic mass is 10.0. The zero-order valence-corrected chi connectivity index (χ0v) is 17.8. The third kappa shape index (κ3) is 9.17. The average Bonchev–Trinajstić information content (AvgIpc) is 2.71. The number of alkyl halides is 3. The van der Waals surface area contributed by atoms with Gasteiger partial charge in [-0.3, -0.25) is 9.89 Å². The van der Waals surface area contributed by atoms with E-state index < -0.39 is 12.8 Å². The maximum absolute atomic E-state index is 12.3. The summed E-state index contributed by atoms with van der Waals surface area (Å²) >= 11 is 0. The number of pyridine rings is 1. The highest BCUT2D eigenvalue weighted by Crippen LogP contribution is 2.17. The quantitative estimate of drug-likeness (QED) is 0.462. The molecule has 1 saturated heterocycles. The van der Waals surface area contributed by atoms with Gasteiger partial charge in [0.25, 0.3) is 0 Å². The summed E-state index contributed by atoms with van der Waals surface area (Å²) in [5.41, 5.74) is 0.747. The Hall–Kier alpha value is -2.07. The van der Waals surface area contributed by atoms with Crippen LogP contribution in [0.15, 0.2) is 23.3 Å². The fraction of sp³-hybridized carbons (Fsp3) is 0.700. The van der Waals surface area contributed by atoms with E-state index in [4.69, 9.17) is 9.47 Å². The first-order chi connectivity index (χ1) is 14.3. The molecule has 0 saturated carbocycles. The molecule has 0 radical (unpaired) electrons. The number of halogens is 3. The minimum absolute atomic E-state index is 0.0566. The van der Waals surface area contributed by atoms with Crippen LogP contribution in [-0.4, -0.2) is 74.6 Å². The van der Waals surface area contributed by atoms with Crippen molar-refractivity contribution >= 4 is 5.96 Å². The topological polar surface area (TPSA) is 71.0 Å². The molecule has 0 aliphatic carbocycles. The number of aromatic nitrogens is 1. The summed E-state index contributed by atoms with van der Waals surface area (Å²) in [6.45, 7) is 7.53. The van der Waals surface area contributed by atoms with Crippen LogP contribution in [0.2, 0.25) is 0 Å². The van der Waals surface area contributed by atoms with Gasteiger partial charge in [0, 0.05) is 51.5 Å². The predicted octanol–water partition coefficient (Wildman–Crippen LogP) is 2.43. The molecule has 1 aliphatic heterocycles. The first-order valence-corrected chi connectivity index (χ1v) is 10.2. The highest BCUT2D eigenvalue weighted by molar-refractivity contribution is 5.79. The molecule has 1 unspecified atom stereocenters. The molecule has 0 bridgehead atoms. The van der Waals surface area contributed by atoms with E-state index in [9.17, 15) is 13.2 Å². The van der Waals surface area contributed by atoms with Gasteiger partial charge in [0.15, 0.2) is 12.6 Å². The highest BCUT2D eigenvalue weighted by atomic mass is 19.4. The summed E-state index contributed by atoms with van der Waals surface area (Å²) in [6, 6.07) is 3.58. The minimum Gasteiger partial charge on any atom is -0.468 e. The molecular formula is C20H32F3N5O2. The Morgan fingerprint density at radius 1 is 1.30 bits per heavy atom. The maximum atomic E-state index is 12.3. The first kappa shape index (κ1) is 24.2. The molecule has 1 aromatic heterocycles. The monoisotopic (exact) mass is 431 g/mol. The Kier molecular flexibility index (Phi) is 9.64. The van der Waals surface area contributed by atoms with Crippen LogP contribution in [0.4, 0.5) is 13.2 Å². The molecule has 2 heterocycles. The zero-order chi connectivity index (χ0) is 22.0. The van der Waals surface area contributed by atoms with Crippen molar-refractivity contribution in [2.75, 3.05) is 46.5 Å².